The van der Waals surface area contributed by atoms with Gasteiger partial charge in [0, 0.05) is 13.2 Å². The molecule has 0 spiro atoms. The van der Waals surface area contributed by atoms with Crippen molar-refractivity contribution in [3.8, 4) is 5.75 Å². The number of carbonyl (C=O) groups excluding carboxylic acids is 1. The molecule has 24 heavy (non-hydrogen) atoms. The lowest BCUT2D eigenvalue weighted by molar-refractivity contribution is 0.0635. The first kappa shape index (κ1) is 17.7. The van der Waals surface area contributed by atoms with Crippen LogP contribution in [-0.2, 0) is 9.47 Å². The number of rotatable bonds is 5. The summed E-state index contributed by atoms with van der Waals surface area (Å²) in [5.74, 6) is 0.378. The van der Waals surface area contributed by atoms with E-state index in [1.807, 2.05) is 0 Å². The molecule has 0 aliphatic rings. The monoisotopic (exact) mass is 335 g/mol. The van der Waals surface area contributed by atoms with Crippen LogP contribution in [0.2, 0.25) is 0 Å². The van der Waals surface area contributed by atoms with Gasteiger partial charge in [0.1, 0.15) is 18.0 Å². The van der Waals surface area contributed by atoms with Crippen molar-refractivity contribution in [2.24, 2.45) is 0 Å². The van der Waals surface area contributed by atoms with Gasteiger partial charge in [-0.1, -0.05) is 0 Å². The first-order valence-corrected chi connectivity index (χ1v) is 7.43. The maximum atomic E-state index is 12.0. The maximum absolute atomic E-state index is 12.0. The van der Waals surface area contributed by atoms with Crippen LogP contribution in [-0.4, -0.2) is 42.0 Å². The molecule has 1 amide bonds. The lowest BCUT2D eigenvalue weighted by Gasteiger charge is -2.20. The fourth-order valence-electron chi connectivity index (χ4n) is 1.96. The molecule has 2 rings (SSSR count). The van der Waals surface area contributed by atoms with Gasteiger partial charge in [-0.05, 0) is 26.8 Å². The van der Waals surface area contributed by atoms with E-state index in [9.17, 15) is 9.59 Å². The van der Waals surface area contributed by atoms with E-state index in [4.69, 9.17) is 14.2 Å². The van der Waals surface area contributed by atoms with Gasteiger partial charge in [-0.3, -0.25) is 10.1 Å². The molecule has 0 saturated carbocycles. The highest BCUT2D eigenvalue weighted by Gasteiger charge is 2.18. The van der Waals surface area contributed by atoms with E-state index >= 15 is 0 Å². The van der Waals surface area contributed by atoms with Gasteiger partial charge < -0.3 is 19.2 Å². The molecule has 2 aromatic rings. The number of aromatic nitrogens is 2. The number of hydrogen-bond donors (Lipinski definition) is 2. The van der Waals surface area contributed by atoms with E-state index in [0.717, 1.165) is 0 Å². The number of ether oxygens (including phenoxy) is 3. The highest BCUT2D eigenvalue weighted by molar-refractivity contribution is 5.92. The number of hydrogen-bond acceptors (Lipinski definition) is 6. The van der Waals surface area contributed by atoms with E-state index in [2.05, 4.69) is 15.3 Å². The predicted molar refractivity (Wildman–Crippen MR) is 89.6 cm³/mol. The van der Waals surface area contributed by atoms with E-state index in [1.165, 1.54) is 12.4 Å². The molecule has 0 fully saturated rings. The number of carbonyl (C=O) groups is 1. The molecule has 8 heteroatoms. The Bertz CT molecular complexity index is 779. The number of aromatic amines is 1. The molecule has 0 bridgehead atoms. The number of fused-ring (bicyclic) bond motifs is 1. The van der Waals surface area contributed by atoms with Crippen LogP contribution in [0.1, 0.15) is 20.8 Å². The smallest absolute Gasteiger partial charge is 0.412 e. The van der Waals surface area contributed by atoms with E-state index in [1.54, 1.807) is 33.9 Å². The van der Waals surface area contributed by atoms with Crippen molar-refractivity contribution in [2.75, 3.05) is 25.6 Å². The summed E-state index contributed by atoms with van der Waals surface area (Å²) >= 11 is 0. The van der Waals surface area contributed by atoms with Crippen LogP contribution in [0.15, 0.2) is 23.3 Å². The number of anilines is 1. The van der Waals surface area contributed by atoms with Crippen molar-refractivity contribution in [2.45, 2.75) is 26.4 Å². The summed E-state index contributed by atoms with van der Waals surface area (Å²) < 4.78 is 15.8. The standard InChI is InChI=1S/C16H21N3O5/c1-16(2,3)24-15(21)19-12-7-10-11(17-9-18-14(10)20)8-13(12)23-6-5-22-4/h7-9H,5-6H2,1-4H3,(H,19,21)(H,17,18,20). The zero-order valence-electron chi connectivity index (χ0n) is 14.1. The Morgan fingerprint density at radius 2 is 2.04 bits per heavy atom. The van der Waals surface area contributed by atoms with Crippen LogP contribution in [0.5, 0.6) is 5.75 Å². The molecule has 0 unspecified atom stereocenters. The second-order valence-corrected chi connectivity index (χ2v) is 6.07. The molecule has 130 valence electrons. The molecule has 1 heterocycles. The van der Waals surface area contributed by atoms with E-state index in [-0.39, 0.29) is 12.2 Å². The number of benzene rings is 1. The average molecular weight is 335 g/mol. The number of methoxy groups -OCH3 is 1. The Morgan fingerprint density at radius 1 is 1.29 bits per heavy atom. The van der Waals surface area contributed by atoms with Gasteiger partial charge in [0.2, 0.25) is 0 Å². The van der Waals surface area contributed by atoms with Crippen LogP contribution < -0.4 is 15.6 Å². The molecule has 2 N–H and O–H groups in total. The van der Waals surface area contributed by atoms with Crippen molar-refractivity contribution in [3.05, 3.63) is 28.8 Å². The highest BCUT2D eigenvalue weighted by atomic mass is 16.6. The Morgan fingerprint density at radius 3 is 2.71 bits per heavy atom. The van der Waals surface area contributed by atoms with Crippen LogP contribution in [0.3, 0.4) is 0 Å². The maximum Gasteiger partial charge on any atom is 0.412 e. The summed E-state index contributed by atoms with van der Waals surface area (Å²) in [6, 6.07) is 3.10. The van der Waals surface area contributed by atoms with Gasteiger partial charge in [0.25, 0.3) is 5.56 Å². The Kier molecular flexibility index (Phi) is 5.40. The highest BCUT2D eigenvalue weighted by Crippen LogP contribution is 2.28. The molecule has 8 nitrogen and oxygen atoms in total. The zero-order valence-corrected chi connectivity index (χ0v) is 14.1. The lowest BCUT2D eigenvalue weighted by Crippen LogP contribution is -2.27. The lowest BCUT2D eigenvalue weighted by atomic mass is 10.2. The molecule has 1 aromatic heterocycles. The number of nitrogens with one attached hydrogen (secondary N) is 2. The zero-order chi connectivity index (χ0) is 17.7. The third kappa shape index (κ3) is 4.69. The van der Waals surface area contributed by atoms with Crippen molar-refractivity contribution in [1.82, 2.24) is 9.97 Å². The predicted octanol–water partition coefficient (Wildman–Crippen LogP) is 2.30. The van der Waals surface area contributed by atoms with Crippen molar-refractivity contribution in [1.29, 1.82) is 0 Å². The Labute approximate surface area is 139 Å². The second kappa shape index (κ2) is 7.31. The normalized spacial score (nSPS) is 11.3. The number of H-pyrrole nitrogens is 1. The van der Waals surface area contributed by atoms with Crippen LogP contribution >= 0.6 is 0 Å². The first-order chi connectivity index (χ1) is 11.3. The summed E-state index contributed by atoms with van der Waals surface area (Å²) in [5.41, 5.74) is -0.167. The van der Waals surface area contributed by atoms with Gasteiger partial charge in [-0.15, -0.1) is 0 Å². The third-order valence-electron chi connectivity index (χ3n) is 2.92. The SMILES string of the molecule is COCCOc1cc2nc[nH]c(=O)c2cc1NC(=O)OC(C)(C)C. The molecule has 0 saturated heterocycles. The second-order valence-electron chi connectivity index (χ2n) is 6.07. The van der Waals surface area contributed by atoms with Crippen molar-refractivity contribution in [3.63, 3.8) is 0 Å². The molecule has 0 radical (unpaired) electrons. The topological polar surface area (TPSA) is 103 Å². The largest absolute Gasteiger partial charge is 0.489 e. The summed E-state index contributed by atoms with van der Waals surface area (Å²) in [5, 5.41) is 2.94. The number of nitrogens with zero attached hydrogens (tertiary/aromatic N) is 1. The minimum absolute atomic E-state index is 0.286. The quantitative estimate of drug-likeness (QED) is 0.813. The molecular weight excluding hydrogens is 314 g/mol. The summed E-state index contributed by atoms with van der Waals surface area (Å²) in [4.78, 5) is 30.5. The minimum Gasteiger partial charge on any atom is -0.489 e. The third-order valence-corrected chi connectivity index (χ3v) is 2.92. The molecular formula is C16H21N3O5. The Balaban J connectivity index is 2.36. The van der Waals surface area contributed by atoms with E-state index in [0.29, 0.717) is 28.9 Å². The van der Waals surface area contributed by atoms with Gasteiger partial charge in [-0.2, -0.15) is 0 Å². The fourth-order valence-corrected chi connectivity index (χ4v) is 1.96. The minimum atomic E-state index is -0.642. The average Bonchev–Trinajstić information content (AvgIpc) is 2.47. The van der Waals surface area contributed by atoms with Gasteiger partial charge in [0.15, 0.2) is 0 Å². The Hall–Kier alpha value is -2.61. The van der Waals surface area contributed by atoms with Crippen LogP contribution in [0.4, 0.5) is 10.5 Å². The summed E-state index contributed by atoms with van der Waals surface area (Å²) in [6.45, 7) is 5.95. The molecule has 0 aliphatic carbocycles. The molecule has 0 aliphatic heterocycles. The van der Waals surface area contributed by atoms with Crippen LogP contribution in [0, 0.1) is 0 Å². The van der Waals surface area contributed by atoms with E-state index < -0.39 is 11.7 Å². The van der Waals surface area contributed by atoms with Crippen molar-refractivity contribution < 1.29 is 19.0 Å². The van der Waals surface area contributed by atoms with Crippen LogP contribution in [0.25, 0.3) is 10.9 Å². The molecule has 0 atom stereocenters. The summed E-state index contributed by atoms with van der Waals surface area (Å²) in [6.07, 6.45) is 0.670. The fraction of sp³-hybridized carbons (Fsp3) is 0.438. The van der Waals surface area contributed by atoms with Gasteiger partial charge in [0.05, 0.1) is 29.5 Å². The summed E-state index contributed by atoms with van der Waals surface area (Å²) in [7, 11) is 1.56. The van der Waals surface area contributed by atoms with Gasteiger partial charge in [-0.25, -0.2) is 9.78 Å². The number of amides is 1. The van der Waals surface area contributed by atoms with Crippen molar-refractivity contribution >= 4 is 22.7 Å². The first-order valence-electron chi connectivity index (χ1n) is 7.43. The molecule has 1 aromatic carbocycles. The van der Waals surface area contributed by atoms with Gasteiger partial charge >= 0.3 is 6.09 Å².